The van der Waals surface area contributed by atoms with E-state index in [-0.39, 0.29) is 25.0 Å². The Labute approximate surface area is 84.7 Å². The molecule has 1 aliphatic rings. The lowest BCUT2D eigenvalue weighted by Crippen LogP contribution is -2.48. The van der Waals surface area contributed by atoms with Crippen LogP contribution in [-0.4, -0.2) is 44.6 Å². The maximum atomic E-state index is 11.6. The molecule has 1 N–H and O–H groups in total. The fourth-order valence-electron chi connectivity index (χ4n) is 0.972. The molecule has 1 rings (SSSR count). The predicted molar refractivity (Wildman–Crippen MR) is 44.2 cm³/mol. The van der Waals surface area contributed by atoms with Crippen molar-refractivity contribution in [3.05, 3.63) is 0 Å². The van der Waals surface area contributed by atoms with E-state index < -0.39 is 12.8 Å². The van der Waals surface area contributed by atoms with Crippen LogP contribution in [0.3, 0.4) is 0 Å². The van der Waals surface area contributed by atoms with Crippen LogP contribution in [0, 0.1) is 0 Å². The van der Waals surface area contributed by atoms with Gasteiger partial charge < -0.3 is 14.8 Å². The average molecular weight is 227 g/mol. The summed E-state index contributed by atoms with van der Waals surface area (Å²) >= 11 is 0. The number of carbonyl (C=O) groups excluding carboxylic acids is 1. The molecular formula is C8H12F3NO3. The minimum atomic E-state index is -4.34. The summed E-state index contributed by atoms with van der Waals surface area (Å²) in [6.45, 7) is -0.601. The van der Waals surface area contributed by atoms with Crippen LogP contribution in [0.5, 0.6) is 0 Å². The first-order valence-corrected chi connectivity index (χ1v) is 4.49. The standard InChI is InChI=1S/C8H12F3NO3/c9-8(10,11)5-14-2-1-7(13)12-6-3-15-4-6/h6H,1-5H2,(H,12,13). The first-order chi connectivity index (χ1) is 6.97. The molecule has 0 aromatic heterocycles. The lowest BCUT2D eigenvalue weighted by molar-refractivity contribution is -0.174. The molecule has 1 saturated heterocycles. The summed E-state index contributed by atoms with van der Waals surface area (Å²) in [4.78, 5) is 11.0. The molecule has 0 aromatic carbocycles. The second-order valence-corrected chi connectivity index (χ2v) is 3.22. The van der Waals surface area contributed by atoms with Crippen molar-refractivity contribution in [2.45, 2.75) is 18.6 Å². The zero-order chi connectivity index (χ0) is 11.3. The van der Waals surface area contributed by atoms with Crippen LogP contribution >= 0.6 is 0 Å². The van der Waals surface area contributed by atoms with E-state index in [0.29, 0.717) is 13.2 Å². The van der Waals surface area contributed by atoms with Crippen molar-refractivity contribution in [2.24, 2.45) is 0 Å². The van der Waals surface area contributed by atoms with Gasteiger partial charge in [-0.1, -0.05) is 0 Å². The van der Waals surface area contributed by atoms with E-state index in [4.69, 9.17) is 4.74 Å². The molecule has 1 aliphatic heterocycles. The van der Waals surface area contributed by atoms with Crippen molar-refractivity contribution in [3.8, 4) is 0 Å². The Morgan fingerprint density at radius 3 is 2.60 bits per heavy atom. The Morgan fingerprint density at radius 2 is 2.13 bits per heavy atom. The predicted octanol–water partition coefficient (Wildman–Crippen LogP) is 0.470. The van der Waals surface area contributed by atoms with E-state index in [9.17, 15) is 18.0 Å². The number of amides is 1. The zero-order valence-electron chi connectivity index (χ0n) is 7.97. The zero-order valence-corrected chi connectivity index (χ0v) is 7.97. The summed E-state index contributed by atoms with van der Waals surface area (Å²) in [6, 6.07) is 0.000108. The Kier molecular flexibility index (Phi) is 4.34. The van der Waals surface area contributed by atoms with Crippen LogP contribution in [0.4, 0.5) is 13.2 Å². The molecule has 88 valence electrons. The summed E-state index contributed by atoms with van der Waals surface area (Å²) in [7, 11) is 0. The average Bonchev–Trinajstić information content (AvgIpc) is 2.04. The van der Waals surface area contributed by atoms with Gasteiger partial charge in [0, 0.05) is 6.42 Å². The highest BCUT2D eigenvalue weighted by atomic mass is 19.4. The SMILES string of the molecule is O=C(CCOCC(F)(F)F)NC1COC1. The lowest BCUT2D eigenvalue weighted by atomic mass is 10.2. The first kappa shape index (κ1) is 12.3. The van der Waals surface area contributed by atoms with Gasteiger partial charge in [-0.2, -0.15) is 13.2 Å². The largest absolute Gasteiger partial charge is 0.411 e. The van der Waals surface area contributed by atoms with Gasteiger partial charge in [-0.3, -0.25) is 4.79 Å². The second kappa shape index (κ2) is 5.32. The van der Waals surface area contributed by atoms with Crippen LogP contribution < -0.4 is 5.32 Å². The summed E-state index contributed by atoms with van der Waals surface area (Å²) in [5, 5.41) is 2.59. The summed E-state index contributed by atoms with van der Waals surface area (Å²) in [5.74, 6) is -0.314. The van der Waals surface area contributed by atoms with E-state index in [1.165, 1.54) is 0 Å². The second-order valence-electron chi connectivity index (χ2n) is 3.22. The molecule has 0 unspecified atom stereocenters. The molecule has 0 saturated carbocycles. The number of nitrogens with one attached hydrogen (secondary N) is 1. The number of rotatable bonds is 5. The summed E-state index contributed by atoms with van der Waals surface area (Å²) < 4.78 is 43.9. The van der Waals surface area contributed by atoms with Gasteiger partial charge in [-0.15, -0.1) is 0 Å². The van der Waals surface area contributed by atoms with Crippen molar-refractivity contribution in [1.82, 2.24) is 5.32 Å². The summed E-state index contributed by atoms with van der Waals surface area (Å²) in [5.41, 5.74) is 0. The molecular weight excluding hydrogens is 215 g/mol. The molecule has 0 atom stereocenters. The van der Waals surface area contributed by atoms with Crippen LogP contribution in [-0.2, 0) is 14.3 Å². The van der Waals surface area contributed by atoms with E-state index in [1.807, 2.05) is 0 Å². The van der Waals surface area contributed by atoms with Gasteiger partial charge >= 0.3 is 6.18 Å². The Morgan fingerprint density at radius 1 is 1.47 bits per heavy atom. The molecule has 15 heavy (non-hydrogen) atoms. The molecule has 7 heteroatoms. The van der Waals surface area contributed by atoms with Crippen LogP contribution in [0.1, 0.15) is 6.42 Å². The van der Waals surface area contributed by atoms with Crippen molar-refractivity contribution >= 4 is 5.91 Å². The minimum absolute atomic E-state index is 0.000108. The van der Waals surface area contributed by atoms with E-state index in [2.05, 4.69) is 10.1 Å². The van der Waals surface area contributed by atoms with Crippen LogP contribution in [0.2, 0.25) is 0 Å². The highest BCUT2D eigenvalue weighted by molar-refractivity contribution is 5.76. The Balaban J connectivity index is 1.97. The first-order valence-electron chi connectivity index (χ1n) is 4.49. The smallest absolute Gasteiger partial charge is 0.377 e. The maximum Gasteiger partial charge on any atom is 0.411 e. The van der Waals surface area contributed by atoms with Crippen LogP contribution in [0.15, 0.2) is 0 Å². The molecule has 0 spiro atoms. The van der Waals surface area contributed by atoms with Gasteiger partial charge in [0.15, 0.2) is 0 Å². The minimum Gasteiger partial charge on any atom is -0.377 e. The van der Waals surface area contributed by atoms with Gasteiger partial charge in [0.1, 0.15) is 6.61 Å². The highest BCUT2D eigenvalue weighted by Gasteiger charge is 2.27. The van der Waals surface area contributed by atoms with Gasteiger partial charge in [0.2, 0.25) is 5.91 Å². The van der Waals surface area contributed by atoms with Crippen molar-refractivity contribution in [1.29, 1.82) is 0 Å². The molecule has 1 amide bonds. The number of hydrogen-bond donors (Lipinski definition) is 1. The molecule has 0 radical (unpaired) electrons. The van der Waals surface area contributed by atoms with Gasteiger partial charge in [0.05, 0.1) is 25.9 Å². The van der Waals surface area contributed by atoms with Crippen molar-refractivity contribution in [2.75, 3.05) is 26.4 Å². The lowest BCUT2D eigenvalue weighted by Gasteiger charge is -2.26. The third-order valence-electron chi connectivity index (χ3n) is 1.74. The van der Waals surface area contributed by atoms with Gasteiger partial charge in [-0.25, -0.2) is 0 Å². The Hall–Kier alpha value is -0.820. The molecule has 0 aromatic rings. The highest BCUT2D eigenvalue weighted by Crippen LogP contribution is 2.14. The third-order valence-corrected chi connectivity index (χ3v) is 1.74. The number of alkyl halides is 3. The normalized spacial score (nSPS) is 17.3. The Bertz CT molecular complexity index is 216. The molecule has 4 nitrogen and oxygen atoms in total. The van der Waals surface area contributed by atoms with Gasteiger partial charge in [0.25, 0.3) is 0 Å². The van der Waals surface area contributed by atoms with E-state index in [0.717, 1.165) is 0 Å². The van der Waals surface area contributed by atoms with Crippen LogP contribution in [0.25, 0.3) is 0 Å². The molecule has 1 fully saturated rings. The topological polar surface area (TPSA) is 47.6 Å². The van der Waals surface area contributed by atoms with Crippen molar-refractivity contribution in [3.63, 3.8) is 0 Å². The number of halogens is 3. The summed E-state index contributed by atoms with van der Waals surface area (Å²) in [6.07, 6.45) is -4.40. The number of ether oxygens (including phenoxy) is 2. The van der Waals surface area contributed by atoms with Crippen molar-refractivity contribution < 1.29 is 27.4 Å². The maximum absolute atomic E-state index is 11.6. The molecule has 1 heterocycles. The van der Waals surface area contributed by atoms with E-state index >= 15 is 0 Å². The number of carbonyl (C=O) groups is 1. The molecule has 0 aliphatic carbocycles. The molecule has 0 bridgehead atoms. The fraction of sp³-hybridized carbons (Fsp3) is 0.875. The number of hydrogen-bond acceptors (Lipinski definition) is 3. The quantitative estimate of drug-likeness (QED) is 0.694. The fourth-order valence-corrected chi connectivity index (χ4v) is 0.972. The monoisotopic (exact) mass is 227 g/mol. The van der Waals surface area contributed by atoms with Gasteiger partial charge in [-0.05, 0) is 0 Å². The third kappa shape index (κ3) is 5.58. The van der Waals surface area contributed by atoms with E-state index in [1.54, 1.807) is 0 Å².